The van der Waals surface area contributed by atoms with Crippen molar-refractivity contribution in [3.63, 3.8) is 0 Å². The van der Waals surface area contributed by atoms with Crippen molar-refractivity contribution in [3.8, 4) is 0 Å². The van der Waals surface area contributed by atoms with E-state index in [1.54, 1.807) is 0 Å². The van der Waals surface area contributed by atoms with E-state index in [-0.39, 0.29) is 0 Å². The van der Waals surface area contributed by atoms with Crippen LogP contribution in [0.1, 0.15) is 12.8 Å². The molecule has 1 aromatic carbocycles. The first-order chi connectivity index (χ1) is 6.45. The van der Waals surface area contributed by atoms with Crippen LogP contribution in [0.3, 0.4) is 0 Å². The van der Waals surface area contributed by atoms with Crippen molar-refractivity contribution in [2.24, 2.45) is 0 Å². The number of benzene rings is 1. The number of hydrogen-bond acceptors (Lipinski definition) is 2. The lowest BCUT2D eigenvalue weighted by molar-refractivity contribution is 0.396. The smallest absolute Gasteiger partial charge is 0.154 e. The van der Waals surface area contributed by atoms with E-state index in [0.717, 1.165) is 12.6 Å². The van der Waals surface area contributed by atoms with Gasteiger partial charge in [0.2, 0.25) is 0 Å². The molecule has 2 heteroatoms. The van der Waals surface area contributed by atoms with E-state index in [1.165, 1.54) is 18.5 Å². The first-order valence-corrected chi connectivity index (χ1v) is 4.90. The first kappa shape index (κ1) is 7.39. The topological polar surface area (TPSA) is 15.8 Å². The molecule has 0 radical (unpaired) electrons. The van der Waals surface area contributed by atoms with Gasteiger partial charge in [0.05, 0.1) is 6.61 Å². The zero-order valence-electron chi connectivity index (χ0n) is 7.52. The maximum Gasteiger partial charge on any atom is 0.154 e. The van der Waals surface area contributed by atoms with Crippen LogP contribution in [0.25, 0.3) is 0 Å². The normalized spacial score (nSPS) is 25.7. The van der Waals surface area contributed by atoms with Gasteiger partial charge in [0.25, 0.3) is 0 Å². The molecular formula is C11H13NO. The van der Waals surface area contributed by atoms with E-state index in [1.807, 2.05) is 0 Å². The van der Waals surface area contributed by atoms with Crippen LogP contribution in [0, 0.1) is 0 Å². The van der Waals surface area contributed by atoms with Gasteiger partial charge in [-0.25, -0.2) is 0 Å². The molecule has 3 rings (SSSR count). The Balaban J connectivity index is 1.87. The Morgan fingerprint density at radius 3 is 2.38 bits per heavy atom. The molecule has 1 aromatic rings. The van der Waals surface area contributed by atoms with Crippen molar-refractivity contribution >= 4 is 5.69 Å². The summed E-state index contributed by atoms with van der Waals surface area (Å²) in [4.78, 5) is 2.42. The number of epoxide rings is 1. The summed E-state index contributed by atoms with van der Waals surface area (Å²) in [5.41, 5.74) is 1.31. The average Bonchev–Trinajstić information content (AvgIpc) is 3.00. The number of para-hydroxylation sites is 1. The maximum atomic E-state index is 5.35. The van der Waals surface area contributed by atoms with Crippen molar-refractivity contribution in [1.29, 1.82) is 0 Å². The molecule has 1 aliphatic carbocycles. The van der Waals surface area contributed by atoms with E-state index in [2.05, 4.69) is 35.2 Å². The van der Waals surface area contributed by atoms with Crippen molar-refractivity contribution in [3.05, 3.63) is 30.3 Å². The minimum absolute atomic E-state index is 0.370. The quantitative estimate of drug-likeness (QED) is 0.653. The predicted octanol–water partition coefficient (Wildman–Crippen LogP) is 2.01. The summed E-state index contributed by atoms with van der Waals surface area (Å²) in [5.74, 6) is 0. The molecule has 0 spiro atoms. The fraction of sp³-hybridized carbons (Fsp3) is 0.455. The third kappa shape index (κ3) is 1.42. The molecule has 1 saturated carbocycles. The molecule has 68 valence electrons. The molecule has 2 nitrogen and oxygen atoms in total. The van der Waals surface area contributed by atoms with Gasteiger partial charge in [0.15, 0.2) is 6.23 Å². The highest BCUT2D eigenvalue weighted by molar-refractivity contribution is 5.49. The highest BCUT2D eigenvalue weighted by Crippen LogP contribution is 2.36. The lowest BCUT2D eigenvalue weighted by atomic mass is 10.3. The molecule has 2 aliphatic rings. The Labute approximate surface area is 78.1 Å². The fourth-order valence-corrected chi connectivity index (χ4v) is 1.77. The monoisotopic (exact) mass is 175 g/mol. The Hall–Kier alpha value is -1.02. The van der Waals surface area contributed by atoms with Gasteiger partial charge < -0.3 is 9.64 Å². The molecule has 13 heavy (non-hydrogen) atoms. The lowest BCUT2D eigenvalue weighted by Gasteiger charge is -2.21. The maximum absolute atomic E-state index is 5.35. The third-order valence-electron chi connectivity index (χ3n) is 2.62. The third-order valence-corrected chi connectivity index (χ3v) is 2.62. The number of hydrogen-bond donors (Lipinski definition) is 0. The summed E-state index contributed by atoms with van der Waals surface area (Å²) in [6, 6.07) is 11.3. The molecule has 0 bridgehead atoms. The molecule has 1 heterocycles. The Morgan fingerprint density at radius 2 is 1.85 bits per heavy atom. The molecule has 1 aliphatic heterocycles. The van der Waals surface area contributed by atoms with E-state index < -0.39 is 0 Å². The average molecular weight is 175 g/mol. The number of nitrogens with zero attached hydrogens (tertiary/aromatic N) is 1. The fourth-order valence-electron chi connectivity index (χ4n) is 1.77. The zero-order chi connectivity index (χ0) is 8.67. The van der Waals surface area contributed by atoms with Crippen LogP contribution < -0.4 is 4.90 Å². The van der Waals surface area contributed by atoms with Gasteiger partial charge in [-0.3, -0.25) is 0 Å². The van der Waals surface area contributed by atoms with Crippen LogP contribution in [0.15, 0.2) is 30.3 Å². The van der Waals surface area contributed by atoms with E-state index in [0.29, 0.717) is 6.23 Å². The second-order valence-electron chi connectivity index (χ2n) is 3.76. The van der Waals surface area contributed by atoms with E-state index in [9.17, 15) is 0 Å². The van der Waals surface area contributed by atoms with Gasteiger partial charge in [0.1, 0.15) is 0 Å². The van der Waals surface area contributed by atoms with Gasteiger partial charge in [0, 0.05) is 11.7 Å². The van der Waals surface area contributed by atoms with Crippen LogP contribution >= 0.6 is 0 Å². The standard InChI is InChI=1S/C11H13NO/c1-2-4-9(5-3-1)12(10-6-7-10)11-8-13-11/h1-5,10-11H,6-8H2. The molecular weight excluding hydrogens is 162 g/mol. The highest BCUT2D eigenvalue weighted by atomic mass is 16.6. The lowest BCUT2D eigenvalue weighted by Crippen LogP contribution is -2.28. The van der Waals surface area contributed by atoms with E-state index >= 15 is 0 Å². The minimum atomic E-state index is 0.370. The van der Waals surface area contributed by atoms with Crippen LogP contribution in [0.4, 0.5) is 5.69 Å². The molecule has 2 fully saturated rings. The molecule has 0 N–H and O–H groups in total. The second-order valence-corrected chi connectivity index (χ2v) is 3.76. The van der Waals surface area contributed by atoms with Crippen molar-refractivity contribution in [2.45, 2.75) is 25.1 Å². The SMILES string of the molecule is c1ccc(N(C2CC2)C2CO2)cc1. The number of ether oxygens (including phenoxy) is 1. The van der Waals surface area contributed by atoms with Gasteiger partial charge in [-0.05, 0) is 25.0 Å². The van der Waals surface area contributed by atoms with Gasteiger partial charge in [-0.1, -0.05) is 18.2 Å². The van der Waals surface area contributed by atoms with Crippen LogP contribution in [-0.2, 0) is 4.74 Å². The van der Waals surface area contributed by atoms with Gasteiger partial charge in [-0.15, -0.1) is 0 Å². The summed E-state index contributed by atoms with van der Waals surface area (Å²) < 4.78 is 5.35. The molecule has 1 atom stereocenters. The first-order valence-electron chi connectivity index (χ1n) is 4.90. The van der Waals surface area contributed by atoms with Crippen LogP contribution in [0.5, 0.6) is 0 Å². The predicted molar refractivity (Wildman–Crippen MR) is 51.7 cm³/mol. The Morgan fingerprint density at radius 1 is 1.15 bits per heavy atom. The number of anilines is 1. The molecule has 1 unspecified atom stereocenters. The Kier molecular flexibility index (Phi) is 1.56. The highest BCUT2D eigenvalue weighted by Gasteiger charge is 2.40. The molecule has 1 saturated heterocycles. The van der Waals surface area contributed by atoms with Crippen LogP contribution in [-0.4, -0.2) is 18.9 Å². The summed E-state index contributed by atoms with van der Waals surface area (Å²) in [6.45, 7) is 0.908. The summed E-state index contributed by atoms with van der Waals surface area (Å²) in [6.07, 6.45) is 3.03. The van der Waals surface area contributed by atoms with Crippen molar-refractivity contribution in [2.75, 3.05) is 11.5 Å². The summed E-state index contributed by atoms with van der Waals surface area (Å²) >= 11 is 0. The van der Waals surface area contributed by atoms with Crippen molar-refractivity contribution < 1.29 is 4.74 Å². The van der Waals surface area contributed by atoms with Crippen molar-refractivity contribution in [1.82, 2.24) is 0 Å². The number of rotatable bonds is 3. The van der Waals surface area contributed by atoms with E-state index in [4.69, 9.17) is 4.74 Å². The Bertz CT molecular complexity index is 278. The largest absolute Gasteiger partial charge is 0.351 e. The zero-order valence-corrected chi connectivity index (χ0v) is 7.52. The van der Waals surface area contributed by atoms with Crippen LogP contribution in [0.2, 0.25) is 0 Å². The minimum Gasteiger partial charge on any atom is -0.351 e. The van der Waals surface area contributed by atoms with Gasteiger partial charge >= 0.3 is 0 Å². The second kappa shape index (κ2) is 2.74. The van der Waals surface area contributed by atoms with Gasteiger partial charge in [-0.2, -0.15) is 0 Å². The summed E-state index contributed by atoms with van der Waals surface area (Å²) in [5, 5.41) is 0. The summed E-state index contributed by atoms with van der Waals surface area (Å²) in [7, 11) is 0. The molecule has 0 amide bonds. The molecule has 0 aromatic heterocycles.